The number of benzene rings is 1. The molecular formula is C12H13Cl3O3. The number of hydrogen-bond donors (Lipinski definition) is 0. The Morgan fingerprint density at radius 2 is 2.06 bits per heavy atom. The lowest BCUT2D eigenvalue weighted by atomic mass is 10.1. The Morgan fingerprint density at radius 1 is 1.28 bits per heavy atom. The van der Waals surface area contributed by atoms with Gasteiger partial charge in [0, 0.05) is 11.1 Å². The maximum atomic E-state index is 6.37. The van der Waals surface area contributed by atoms with Crippen LogP contribution >= 0.6 is 34.8 Å². The van der Waals surface area contributed by atoms with E-state index in [2.05, 4.69) is 0 Å². The number of alkyl halides is 1. The molecular weight excluding hydrogens is 298 g/mol. The summed E-state index contributed by atoms with van der Waals surface area (Å²) in [5.74, 6) is 0.523. The van der Waals surface area contributed by atoms with Crippen LogP contribution in [0.3, 0.4) is 0 Å². The van der Waals surface area contributed by atoms with Crippen LogP contribution in [0.25, 0.3) is 0 Å². The fraction of sp³-hybridized carbons (Fsp3) is 0.500. The van der Waals surface area contributed by atoms with Crippen molar-refractivity contribution in [1.82, 2.24) is 0 Å². The van der Waals surface area contributed by atoms with Gasteiger partial charge in [-0.3, -0.25) is 0 Å². The van der Waals surface area contributed by atoms with E-state index in [0.717, 1.165) is 5.56 Å². The smallest absolute Gasteiger partial charge is 0.138 e. The van der Waals surface area contributed by atoms with Crippen molar-refractivity contribution in [3.8, 4) is 5.75 Å². The summed E-state index contributed by atoms with van der Waals surface area (Å²) in [5, 5.41) is 0.575. The molecule has 0 N–H and O–H groups in total. The second kappa shape index (κ2) is 6.31. The van der Waals surface area contributed by atoms with Crippen LogP contribution in [-0.4, -0.2) is 33.0 Å². The van der Waals surface area contributed by atoms with Gasteiger partial charge in [0.15, 0.2) is 0 Å². The van der Waals surface area contributed by atoms with E-state index < -0.39 is 5.38 Å². The lowest BCUT2D eigenvalue weighted by Crippen LogP contribution is -2.32. The van der Waals surface area contributed by atoms with E-state index >= 15 is 0 Å². The largest absolute Gasteiger partial charge is 0.495 e. The van der Waals surface area contributed by atoms with Gasteiger partial charge in [0.25, 0.3) is 0 Å². The molecule has 1 aliphatic heterocycles. The van der Waals surface area contributed by atoms with E-state index in [4.69, 9.17) is 49.0 Å². The molecule has 0 saturated carbocycles. The minimum absolute atomic E-state index is 0.220. The molecule has 6 heteroatoms. The van der Waals surface area contributed by atoms with Gasteiger partial charge in [-0.2, -0.15) is 0 Å². The summed E-state index contributed by atoms with van der Waals surface area (Å²) in [7, 11) is 1.54. The van der Waals surface area contributed by atoms with Crippen LogP contribution < -0.4 is 4.74 Å². The Labute approximate surface area is 121 Å². The van der Waals surface area contributed by atoms with Crippen molar-refractivity contribution in [3.63, 3.8) is 0 Å². The fourth-order valence-corrected chi connectivity index (χ4v) is 2.69. The summed E-state index contributed by atoms with van der Waals surface area (Å²) in [6, 6.07) is 3.36. The second-order valence-corrected chi connectivity index (χ2v) is 5.18. The number of halogens is 3. The van der Waals surface area contributed by atoms with Gasteiger partial charge < -0.3 is 14.2 Å². The van der Waals surface area contributed by atoms with Gasteiger partial charge in [-0.05, 0) is 11.6 Å². The molecule has 1 aromatic carbocycles. The van der Waals surface area contributed by atoms with Crippen LogP contribution in [-0.2, 0) is 9.47 Å². The van der Waals surface area contributed by atoms with Gasteiger partial charge in [-0.1, -0.05) is 23.2 Å². The molecule has 0 bridgehead atoms. The summed E-state index contributed by atoms with van der Waals surface area (Å²) < 4.78 is 16.0. The third-order valence-electron chi connectivity index (χ3n) is 2.74. The Bertz CT molecular complexity index is 419. The molecule has 0 amide bonds. The zero-order valence-electron chi connectivity index (χ0n) is 9.79. The minimum atomic E-state index is -0.402. The van der Waals surface area contributed by atoms with Crippen molar-refractivity contribution in [2.45, 2.75) is 11.5 Å². The molecule has 2 rings (SSSR count). The molecule has 0 aliphatic carbocycles. The first kappa shape index (κ1) is 14.2. The van der Waals surface area contributed by atoms with Gasteiger partial charge in [-0.25, -0.2) is 0 Å². The minimum Gasteiger partial charge on any atom is -0.495 e. The SMILES string of the molecule is COc1cc(Cl)c(C(Cl)C2COCCO2)cc1Cl. The highest BCUT2D eigenvalue weighted by atomic mass is 35.5. The van der Waals surface area contributed by atoms with Crippen molar-refractivity contribution in [2.24, 2.45) is 0 Å². The van der Waals surface area contributed by atoms with Gasteiger partial charge >= 0.3 is 0 Å². The van der Waals surface area contributed by atoms with Crippen molar-refractivity contribution in [3.05, 3.63) is 27.7 Å². The quantitative estimate of drug-likeness (QED) is 0.797. The van der Waals surface area contributed by atoms with E-state index in [0.29, 0.717) is 35.6 Å². The average Bonchev–Trinajstić information content (AvgIpc) is 2.41. The highest BCUT2D eigenvalue weighted by Gasteiger charge is 2.27. The Morgan fingerprint density at radius 3 is 2.67 bits per heavy atom. The topological polar surface area (TPSA) is 27.7 Å². The molecule has 0 radical (unpaired) electrons. The zero-order valence-corrected chi connectivity index (χ0v) is 12.1. The van der Waals surface area contributed by atoms with Crippen LogP contribution in [0.15, 0.2) is 12.1 Å². The van der Waals surface area contributed by atoms with Crippen LogP contribution in [0.2, 0.25) is 10.0 Å². The first-order valence-corrected chi connectivity index (χ1v) is 6.69. The lowest BCUT2D eigenvalue weighted by Gasteiger charge is -2.27. The van der Waals surface area contributed by atoms with Crippen molar-refractivity contribution >= 4 is 34.8 Å². The van der Waals surface area contributed by atoms with E-state index in [-0.39, 0.29) is 6.10 Å². The van der Waals surface area contributed by atoms with Gasteiger partial charge in [-0.15, -0.1) is 11.6 Å². The van der Waals surface area contributed by atoms with E-state index in [1.54, 1.807) is 12.1 Å². The molecule has 2 atom stereocenters. The van der Waals surface area contributed by atoms with Gasteiger partial charge in [0.05, 0.1) is 37.3 Å². The van der Waals surface area contributed by atoms with E-state index in [9.17, 15) is 0 Å². The second-order valence-electron chi connectivity index (χ2n) is 3.89. The molecule has 1 aromatic rings. The molecule has 1 fully saturated rings. The van der Waals surface area contributed by atoms with E-state index in [1.165, 1.54) is 7.11 Å². The monoisotopic (exact) mass is 310 g/mol. The Hall–Kier alpha value is -0.190. The molecule has 1 saturated heterocycles. The summed E-state index contributed by atoms with van der Waals surface area (Å²) in [4.78, 5) is 0. The summed E-state index contributed by atoms with van der Waals surface area (Å²) in [5.41, 5.74) is 0.722. The van der Waals surface area contributed by atoms with Crippen molar-refractivity contribution < 1.29 is 14.2 Å². The van der Waals surface area contributed by atoms with Gasteiger partial charge in [0.2, 0.25) is 0 Å². The molecule has 2 unspecified atom stereocenters. The number of methoxy groups -OCH3 is 1. The number of ether oxygens (including phenoxy) is 3. The predicted molar refractivity (Wildman–Crippen MR) is 72.2 cm³/mol. The molecule has 18 heavy (non-hydrogen) atoms. The molecule has 100 valence electrons. The third-order valence-corrected chi connectivity index (χ3v) is 3.88. The van der Waals surface area contributed by atoms with Crippen molar-refractivity contribution in [1.29, 1.82) is 0 Å². The summed E-state index contributed by atoms with van der Waals surface area (Å²) >= 11 is 18.6. The molecule has 1 heterocycles. The zero-order chi connectivity index (χ0) is 13.1. The lowest BCUT2D eigenvalue weighted by molar-refractivity contribution is -0.0892. The first-order chi connectivity index (χ1) is 8.63. The standard InChI is InChI=1S/C12H13Cl3O3/c1-16-10-5-8(13)7(4-9(10)14)12(15)11-6-17-2-3-18-11/h4-5,11-12H,2-3,6H2,1H3. The average molecular weight is 312 g/mol. The maximum Gasteiger partial charge on any atom is 0.138 e. The maximum absolute atomic E-state index is 6.37. The molecule has 3 nitrogen and oxygen atoms in total. The van der Waals surface area contributed by atoms with E-state index in [1.807, 2.05) is 0 Å². The molecule has 0 aromatic heterocycles. The van der Waals surface area contributed by atoms with Crippen LogP contribution in [0.4, 0.5) is 0 Å². The van der Waals surface area contributed by atoms with Gasteiger partial charge in [0.1, 0.15) is 11.9 Å². The first-order valence-electron chi connectivity index (χ1n) is 5.50. The Kier molecular flexibility index (Phi) is 4.98. The van der Waals surface area contributed by atoms with Crippen LogP contribution in [0.5, 0.6) is 5.75 Å². The van der Waals surface area contributed by atoms with Crippen LogP contribution in [0, 0.1) is 0 Å². The van der Waals surface area contributed by atoms with Crippen LogP contribution in [0.1, 0.15) is 10.9 Å². The normalized spacial score (nSPS) is 21.7. The molecule has 0 spiro atoms. The highest BCUT2D eigenvalue weighted by Crippen LogP contribution is 2.38. The Balaban J connectivity index is 2.23. The predicted octanol–water partition coefficient (Wildman–Crippen LogP) is 3.70. The highest BCUT2D eigenvalue weighted by molar-refractivity contribution is 6.35. The number of rotatable bonds is 3. The fourth-order valence-electron chi connectivity index (χ4n) is 1.79. The third kappa shape index (κ3) is 3.03. The van der Waals surface area contributed by atoms with Crippen molar-refractivity contribution in [2.75, 3.05) is 26.9 Å². The summed E-state index contributed by atoms with van der Waals surface area (Å²) in [6.07, 6.45) is -0.220. The number of hydrogen-bond acceptors (Lipinski definition) is 3. The molecule has 1 aliphatic rings. The summed E-state index contributed by atoms with van der Waals surface area (Å²) in [6.45, 7) is 1.58.